The van der Waals surface area contributed by atoms with E-state index in [1.165, 1.54) is 35.1 Å². The maximum absolute atomic E-state index is 12.4. The zero-order valence-corrected chi connectivity index (χ0v) is 11.9. The van der Waals surface area contributed by atoms with E-state index in [-0.39, 0.29) is 6.03 Å². The van der Waals surface area contributed by atoms with Crippen molar-refractivity contribution < 1.29 is 4.79 Å². The highest BCUT2D eigenvalue weighted by atomic mass is 16.2. The number of rotatable bonds is 1. The quantitative estimate of drug-likeness (QED) is 0.847. The van der Waals surface area contributed by atoms with Crippen molar-refractivity contribution in [1.82, 2.24) is 4.90 Å². The zero-order chi connectivity index (χ0) is 14.2. The van der Waals surface area contributed by atoms with E-state index in [1.54, 1.807) is 0 Å². The van der Waals surface area contributed by atoms with Gasteiger partial charge in [0.15, 0.2) is 0 Å². The number of urea groups is 1. The molecule has 2 aromatic carbocycles. The second kappa shape index (κ2) is 4.92. The average Bonchev–Trinajstić information content (AvgIpc) is 3.13. The zero-order valence-electron chi connectivity index (χ0n) is 11.9. The summed E-state index contributed by atoms with van der Waals surface area (Å²) in [5.41, 5.74) is 6.24. The van der Waals surface area contributed by atoms with Crippen LogP contribution in [0, 0.1) is 0 Å². The Balaban J connectivity index is 1.47. The first-order chi connectivity index (χ1) is 10.3. The van der Waals surface area contributed by atoms with E-state index < -0.39 is 0 Å². The second-order valence-corrected chi connectivity index (χ2v) is 5.89. The summed E-state index contributed by atoms with van der Waals surface area (Å²) in [7, 11) is 0. The Bertz CT molecular complexity index is 683. The van der Waals surface area contributed by atoms with Gasteiger partial charge in [-0.1, -0.05) is 30.3 Å². The number of fused-ring (bicyclic) bond motifs is 2. The number of aryl methyl sites for hydroxylation is 2. The number of anilines is 1. The molecule has 1 heterocycles. The lowest BCUT2D eigenvalue weighted by Crippen LogP contribution is -2.30. The van der Waals surface area contributed by atoms with E-state index in [2.05, 4.69) is 29.6 Å². The lowest BCUT2D eigenvalue weighted by atomic mass is 10.1. The number of carbonyl (C=O) groups is 1. The Labute approximate surface area is 124 Å². The highest BCUT2D eigenvalue weighted by Crippen LogP contribution is 2.26. The predicted octanol–water partition coefficient (Wildman–Crippen LogP) is 3.72. The first-order valence-electron chi connectivity index (χ1n) is 7.54. The molecule has 2 aliphatic rings. The molecule has 1 aliphatic carbocycles. The smallest absolute Gasteiger partial charge is 0.316 e. The molecular formula is C18H18N2O. The molecule has 4 rings (SSSR count). The Morgan fingerprint density at radius 1 is 0.905 bits per heavy atom. The van der Waals surface area contributed by atoms with Gasteiger partial charge in [0.05, 0.1) is 0 Å². The minimum absolute atomic E-state index is 0.0100. The fraction of sp³-hybridized carbons (Fsp3) is 0.278. The van der Waals surface area contributed by atoms with Crippen molar-refractivity contribution in [3.05, 3.63) is 64.7 Å². The molecule has 2 aromatic rings. The van der Waals surface area contributed by atoms with E-state index >= 15 is 0 Å². The molecule has 3 nitrogen and oxygen atoms in total. The number of carbonyl (C=O) groups excluding carboxylic acids is 1. The highest BCUT2D eigenvalue weighted by molar-refractivity contribution is 5.89. The molecule has 1 N–H and O–H groups in total. The molecule has 1 aliphatic heterocycles. The molecule has 0 aromatic heterocycles. The van der Waals surface area contributed by atoms with Crippen LogP contribution in [0.3, 0.4) is 0 Å². The summed E-state index contributed by atoms with van der Waals surface area (Å²) in [6.07, 6.45) is 3.54. The van der Waals surface area contributed by atoms with Crippen LogP contribution in [-0.2, 0) is 25.9 Å². The Morgan fingerprint density at radius 2 is 1.62 bits per heavy atom. The minimum Gasteiger partial charge on any atom is -0.316 e. The predicted molar refractivity (Wildman–Crippen MR) is 83.2 cm³/mol. The lowest BCUT2D eigenvalue weighted by molar-refractivity contribution is 0.212. The third-order valence-corrected chi connectivity index (χ3v) is 4.48. The van der Waals surface area contributed by atoms with Gasteiger partial charge >= 0.3 is 6.03 Å². The lowest BCUT2D eigenvalue weighted by Gasteiger charge is -2.17. The molecule has 21 heavy (non-hydrogen) atoms. The summed E-state index contributed by atoms with van der Waals surface area (Å²) in [5.74, 6) is 0. The van der Waals surface area contributed by atoms with E-state index in [1.807, 2.05) is 23.1 Å². The number of nitrogens with one attached hydrogen (secondary N) is 1. The minimum atomic E-state index is -0.0100. The molecule has 0 bridgehead atoms. The van der Waals surface area contributed by atoms with E-state index in [4.69, 9.17) is 0 Å². The average molecular weight is 278 g/mol. The number of hydrogen-bond donors (Lipinski definition) is 1. The van der Waals surface area contributed by atoms with Gasteiger partial charge in [-0.25, -0.2) is 4.79 Å². The third-order valence-electron chi connectivity index (χ3n) is 4.48. The molecule has 2 amide bonds. The monoisotopic (exact) mass is 278 g/mol. The second-order valence-electron chi connectivity index (χ2n) is 5.89. The summed E-state index contributed by atoms with van der Waals surface area (Å²) in [5, 5.41) is 3.04. The summed E-state index contributed by atoms with van der Waals surface area (Å²) in [6, 6.07) is 14.5. The topological polar surface area (TPSA) is 32.3 Å². The number of amides is 2. The van der Waals surface area contributed by atoms with Crippen LogP contribution in [-0.4, -0.2) is 10.9 Å². The van der Waals surface area contributed by atoms with Crippen LogP contribution in [0.1, 0.15) is 28.7 Å². The van der Waals surface area contributed by atoms with Crippen molar-refractivity contribution >= 4 is 11.7 Å². The molecule has 0 saturated carbocycles. The maximum atomic E-state index is 12.4. The van der Waals surface area contributed by atoms with Crippen LogP contribution < -0.4 is 5.32 Å². The molecule has 3 heteroatoms. The van der Waals surface area contributed by atoms with Crippen molar-refractivity contribution in [2.75, 3.05) is 5.32 Å². The molecule has 0 fully saturated rings. The SMILES string of the molecule is O=C(Nc1ccc2c(c1)CCC2)N1Cc2ccccc2C1. The summed E-state index contributed by atoms with van der Waals surface area (Å²) in [4.78, 5) is 14.3. The third kappa shape index (κ3) is 2.29. The van der Waals surface area contributed by atoms with Crippen LogP contribution in [0.4, 0.5) is 10.5 Å². The van der Waals surface area contributed by atoms with E-state index in [0.717, 1.165) is 12.1 Å². The highest BCUT2D eigenvalue weighted by Gasteiger charge is 2.23. The van der Waals surface area contributed by atoms with Crippen LogP contribution >= 0.6 is 0 Å². The largest absolute Gasteiger partial charge is 0.322 e. The van der Waals surface area contributed by atoms with E-state index in [9.17, 15) is 4.79 Å². The Hall–Kier alpha value is -2.29. The van der Waals surface area contributed by atoms with Gasteiger partial charge < -0.3 is 10.2 Å². The molecule has 0 saturated heterocycles. The summed E-state index contributed by atoms with van der Waals surface area (Å²) < 4.78 is 0. The molecule has 0 atom stereocenters. The number of hydrogen-bond acceptors (Lipinski definition) is 1. The van der Waals surface area contributed by atoms with Crippen LogP contribution in [0.2, 0.25) is 0 Å². The van der Waals surface area contributed by atoms with Crippen molar-refractivity contribution in [2.45, 2.75) is 32.4 Å². The van der Waals surface area contributed by atoms with Crippen molar-refractivity contribution in [3.8, 4) is 0 Å². The van der Waals surface area contributed by atoms with Gasteiger partial charge in [-0.3, -0.25) is 0 Å². The Morgan fingerprint density at radius 3 is 2.38 bits per heavy atom. The van der Waals surface area contributed by atoms with Crippen molar-refractivity contribution in [3.63, 3.8) is 0 Å². The maximum Gasteiger partial charge on any atom is 0.322 e. The van der Waals surface area contributed by atoms with Crippen LogP contribution in [0.25, 0.3) is 0 Å². The summed E-state index contributed by atoms with van der Waals surface area (Å²) in [6.45, 7) is 1.40. The van der Waals surface area contributed by atoms with Gasteiger partial charge in [-0.2, -0.15) is 0 Å². The molecule has 106 valence electrons. The van der Waals surface area contributed by atoms with Gasteiger partial charge in [-0.05, 0) is 53.6 Å². The van der Waals surface area contributed by atoms with Gasteiger partial charge in [0.25, 0.3) is 0 Å². The molecule has 0 unspecified atom stereocenters. The molecule has 0 spiro atoms. The molecular weight excluding hydrogens is 260 g/mol. The first-order valence-corrected chi connectivity index (χ1v) is 7.54. The number of nitrogens with zero attached hydrogens (tertiary/aromatic N) is 1. The fourth-order valence-corrected chi connectivity index (χ4v) is 3.33. The normalized spacial score (nSPS) is 15.7. The fourth-order valence-electron chi connectivity index (χ4n) is 3.33. The number of benzene rings is 2. The first kappa shape index (κ1) is 12.5. The van der Waals surface area contributed by atoms with E-state index in [0.29, 0.717) is 13.1 Å². The van der Waals surface area contributed by atoms with Crippen LogP contribution in [0.5, 0.6) is 0 Å². The molecule has 0 radical (unpaired) electrons. The van der Waals surface area contributed by atoms with Gasteiger partial charge in [0, 0.05) is 18.8 Å². The van der Waals surface area contributed by atoms with Gasteiger partial charge in [0.2, 0.25) is 0 Å². The van der Waals surface area contributed by atoms with Crippen molar-refractivity contribution in [1.29, 1.82) is 0 Å². The standard InChI is InChI=1S/C18H18N2O/c21-18(20-11-15-4-1-2-5-16(15)12-20)19-17-9-8-13-6-3-7-14(13)10-17/h1-2,4-5,8-10H,3,6-7,11-12H2,(H,19,21). The van der Waals surface area contributed by atoms with Gasteiger partial charge in [0.1, 0.15) is 0 Å². The Kier molecular flexibility index (Phi) is 2.92. The van der Waals surface area contributed by atoms with Crippen molar-refractivity contribution in [2.24, 2.45) is 0 Å². The van der Waals surface area contributed by atoms with Crippen LogP contribution in [0.15, 0.2) is 42.5 Å². The summed E-state index contributed by atoms with van der Waals surface area (Å²) >= 11 is 0. The van der Waals surface area contributed by atoms with Gasteiger partial charge in [-0.15, -0.1) is 0 Å².